The summed E-state index contributed by atoms with van der Waals surface area (Å²) < 4.78 is 14.3. The summed E-state index contributed by atoms with van der Waals surface area (Å²) in [7, 11) is 0. The van der Waals surface area contributed by atoms with Gasteiger partial charge in [-0.05, 0) is 40.2 Å². The summed E-state index contributed by atoms with van der Waals surface area (Å²) in [5.74, 6) is -1.80. The molecule has 1 aromatic carbocycles. The number of nitrogens with zero attached hydrogens (tertiary/aromatic N) is 1. The molecule has 4 nitrogen and oxygen atoms in total. The highest BCUT2D eigenvalue weighted by molar-refractivity contribution is 9.10. The molecule has 2 rings (SSSR count). The predicted octanol–water partition coefficient (Wildman–Crippen LogP) is 3.47. The standard InChI is InChI=1S/C12H8BrClFN3O/c13-8-2-1-6(14)5-9(8)18-12(19)7-3-4-17-11(16)10(7)15/h1-5H,(H2,16,17)(H,18,19). The van der Waals surface area contributed by atoms with Crippen LogP contribution >= 0.6 is 27.5 Å². The zero-order valence-corrected chi connectivity index (χ0v) is 11.8. The number of carbonyl (C=O) groups excluding carboxylic acids is 1. The molecule has 0 aliphatic rings. The van der Waals surface area contributed by atoms with Gasteiger partial charge in [0.25, 0.3) is 5.91 Å². The SMILES string of the molecule is Nc1nccc(C(=O)Nc2cc(Cl)ccc2Br)c1F. The average Bonchev–Trinajstić information content (AvgIpc) is 2.37. The highest BCUT2D eigenvalue weighted by atomic mass is 79.9. The maximum atomic E-state index is 13.6. The second-order valence-corrected chi connectivity index (χ2v) is 4.93. The third-order valence-corrected chi connectivity index (χ3v) is 3.26. The lowest BCUT2D eigenvalue weighted by atomic mass is 10.2. The monoisotopic (exact) mass is 343 g/mol. The van der Waals surface area contributed by atoms with Crippen LogP contribution in [0, 0.1) is 5.82 Å². The number of nitrogens with two attached hydrogens (primary N) is 1. The Hall–Kier alpha value is -1.66. The summed E-state index contributed by atoms with van der Waals surface area (Å²) in [6.07, 6.45) is 1.26. The number of aromatic nitrogens is 1. The number of amides is 1. The summed E-state index contributed by atoms with van der Waals surface area (Å²) in [6.45, 7) is 0. The van der Waals surface area contributed by atoms with Gasteiger partial charge in [-0.2, -0.15) is 0 Å². The molecule has 0 bridgehead atoms. The highest BCUT2D eigenvalue weighted by Crippen LogP contribution is 2.26. The quantitative estimate of drug-likeness (QED) is 0.876. The zero-order valence-electron chi connectivity index (χ0n) is 9.45. The van der Waals surface area contributed by atoms with E-state index in [2.05, 4.69) is 26.2 Å². The van der Waals surface area contributed by atoms with E-state index in [-0.39, 0.29) is 11.4 Å². The van der Waals surface area contributed by atoms with Crippen LogP contribution < -0.4 is 11.1 Å². The molecule has 0 atom stereocenters. The maximum absolute atomic E-state index is 13.6. The van der Waals surface area contributed by atoms with Gasteiger partial charge in [0, 0.05) is 15.7 Å². The van der Waals surface area contributed by atoms with Gasteiger partial charge in [0.15, 0.2) is 11.6 Å². The first-order valence-electron chi connectivity index (χ1n) is 5.15. The van der Waals surface area contributed by atoms with Gasteiger partial charge in [-0.1, -0.05) is 11.6 Å². The second-order valence-electron chi connectivity index (χ2n) is 3.64. The predicted molar refractivity (Wildman–Crippen MR) is 75.7 cm³/mol. The molecule has 1 amide bonds. The Bertz CT molecular complexity index is 651. The molecule has 98 valence electrons. The lowest BCUT2D eigenvalue weighted by Gasteiger charge is -2.09. The van der Waals surface area contributed by atoms with Crippen LogP contribution in [0.3, 0.4) is 0 Å². The van der Waals surface area contributed by atoms with E-state index in [1.807, 2.05) is 0 Å². The molecule has 0 aliphatic carbocycles. The summed E-state index contributed by atoms with van der Waals surface area (Å²) in [5.41, 5.74) is 5.57. The largest absolute Gasteiger partial charge is 0.381 e. The van der Waals surface area contributed by atoms with Crippen LogP contribution in [-0.2, 0) is 0 Å². The number of anilines is 2. The summed E-state index contributed by atoms with van der Waals surface area (Å²) in [4.78, 5) is 15.5. The van der Waals surface area contributed by atoms with E-state index in [4.69, 9.17) is 17.3 Å². The van der Waals surface area contributed by atoms with Gasteiger partial charge in [-0.3, -0.25) is 4.79 Å². The molecule has 1 aromatic heterocycles. The fourth-order valence-electron chi connectivity index (χ4n) is 1.42. The first kappa shape index (κ1) is 13.8. The summed E-state index contributed by atoms with van der Waals surface area (Å²) >= 11 is 9.09. The topological polar surface area (TPSA) is 68.0 Å². The molecule has 0 aliphatic heterocycles. The lowest BCUT2D eigenvalue weighted by Crippen LogP contribution is -2.15. The molecular formula is C12H8BrClFN3O. The van der Waals surface area contributed by atoms with Gasteiger partial charge in [0.2, 0.25) is 0 Å². The molecule has 1 heterocycles. The Morgan fingerprint density at radius 1 is 1.42 bits per heavy atom. The number of carbonyl (C=O) groups is 1. The van der Waals surface area contributed by atoms with Crippen LogP contribution in [0.1, 0.15) is 10.4 Å². The van der Waals surface area contributed by atoms with Crippen molar-refractivity contribution in [3.8, 4) is 0 Å². The third-order valence-electron chi connectivity index (χ3n) is 2.34. The van der Waals surface area contributed by atoms with E-state index >= 15 is 0 Å². The average molecular weight is 345 g/mol. The molecule has 3 N–H and O–H groups in total. The Morgan fingerprint density at radius 2 is 2.16 bits per heavy atom. The minimum Gasteiger partial charge on any atom is -0.381 e. The van der Waals surface area contributed by atoms with Crippen molar-refractivity contribution in [1.82, 2.24) is 4.98 Å². The van der Waals surface area contributed by atoms with Crippen LogP contribution in [0.25, 0.3) is 0 Å². The van der Waals surface area contributed by atoms with Crippen molar-refractivity contribution < 1.29 is 9.18 Å². The van der Waals surface area contributed by atoms with Crippen molar-refractivity contribution in [2.75, 3.05) is 11.1 Å². The minimum atomic E-state index is -0.849. The number of benzene rings is 1. The van der Waals surface area contributed by atoms with Gasteiger partial charge in [0.05, 0.1) is 11.3 Å². The lowest BCUT2D eigenvalue weighted by molar-refractivity contribution is 0.102. The van der Waals surface area contributed by atoms with Crippen molar-refractivity contribution in [3.05, 3.63) is 51.3 Å². The Balaban J connectivity index is 2.31. The third kappa shape index (κ3) is 3.02. The Kier molecular flexibility index (Phi) is 4.01. The molecule has 2 aromatic rings. The number of halogens is 3. The van der Waals surface area contributed by atoms with E-state index in [0.29, 0.717) is 15.2 Å². The van der Waals surface area contributed by atoms with Crippen LogP contribution in [-0.4, -0.2) is 10.9 Å². The molecule has 0 saturated carbocycles. The molecule has 0 fully saturated rings. The van der Waals surface area contributed by atoms with Gasteiger partial charge >= 0.3 is 0 Å². The molecular weight excluding hydrogens is 337 g/mol. The van der Waals surface area contributed by atoms with E-state index in [0.717, 1.165) is 0 Å². The smallest absolute Gasteiger partial charge is 0.258 e. The van der Waals surface area contributed by atoms with Crippen LogP contribution in [0.2, 0.25) is 5.02 Å². The van der Waals surface area contributed by atoms with Gasteiger partial charge in [-0.15, -0.1) is 0 Å². The highest BCUT2D eigenvalue weighted by Gasteiger charge is 2.15. The number of nitrogen functional groups attached to an aromatic ring is 1. The summed E-state index contributed by atoms with van der Waals surface area (Å²) in [5, 5.41) is 2.99. The molecule has 7 heteroatoms. The normalized spacial score (nSPS) is 10.3. The van der Waals surface area contributed by atoms with Crippen LogP contribution in [0.5, 0.6) is 0 Å². The minimum absolute atomic E-state index is 0.181. The number of nitrogens with one attached hydrogen (secondary N) is 1. The van der Waals surface area contributed by atoms with Gasteiger partial charge in [0.1, 0.15) is 0 Å². The van der Waals surface area contributed by atoms with Crippen molar-refractivity contribution in [3.63, 3.8) is 0 Å². The van der Waals surface area contributed by atoms with Crippen molar-refractivity contribution >= 4 is 44.9 Å². The van der Waals surface area contributed by atoms with E-state index < -0.39 is 11.7 Å². The van der Waals surface area contributed by atoms with E-state index in [1.165, 1.54) is 12.3 Å². The molecule has 0 radical (unpaired) electrons. The maximum Gasteiger partial charge on any atom is 0.258 e. The Labute approximate surface area is 121 Å². The number of rotatable bonds is 2. The molecule has 0 saturated heterocycles. The first-order chi connectivity index (χ1) is 8.99. The molecule has 0 unspecified atom stereocenters. The van der Waals surface area contributed by atoms with Crippen molar-refractivity contribution in [2.45, 2.75) is 0 Å². The van der Waals surface area contributed by atoms with Crippen molar-refractivity contribution in [2.24, 2.45) is 0 Å². The fraction of sp³-hybridized carbons (Fsp3) is 0. The van der Waals surface area contributed by atoms with Crippen LogP contribution in [0.15, 0.2) is 34.9 Å². The Morgan fingerprint density at radius 3 is 2.89 bits per heavy atom. The molecule has 0 spiro atoms. The van der Waals surface area contributed by atoms with Crippen LogP contribution in [0.4, 0.5) is 15.9 Å². The summed E-state index contributed by atoms with van der Waals surface area (Å²) in [6, 6.07) is 6.13. The van der Waals surface area contributed by atoms with E-state index in [1.54, 1.807) is 18.2 Å². The van der Waals surface area contributed by atoms with Gasteiger partial charge < -0.3 is 11.1 Å². The number of hydrogen-bond acceptors (Lipinski definition) is 3. The zero-order chi connectivity index (χ0) is 14.0. The molecule has 19 heavy (non-hydrogen) atoms. The van der Waals surface area contributed by atoms with E-state index in [9.17, 15) is 9.18 Å². The number of hydrogen-bond donors (Lipinski definition) is 2. The second kappa shape index (κ2) is 5.54. The van der Waals surface area contributed by atoms with Gasteiger partial charge in [-0.25, -0.2) is 9.37 Å². The fourth-order valence-corrected chi connectivity index (χ4v) is 1.94. The number of pyridine rings is 1. The van der Waals surface area contributed by atoms with Crippen molar-refractivity contribution in [1.29, 1.82) is 0 Å². The first-order valence-corrected chi connectivity index (χ1v) is 6.32.